The Morgan fingerprint density at radius 1 is 1.15 bits per heavy atom. The maximum Gasteiger partial charge on any atom is 0.274 e. The van der Waals surface area contributed by atoms with Gasteiger partial charge in [-0.2, -0.15) is 0 Å². The fraction of sp³-hybridized carbons (Fsp3) is 0.348. The molecule has 4 rings (SSSR count). The Morgan fingerprint density at radius 2 is 1.91 bits per heavy atom. The molecule has 0 bridgehead atoms. The van der Waals surface area contributed by atoms with Gasteiger partial charge in [0.1, 0.15) is 6.33 Å². The molecule has 33 heavy (non-hydrogen) atoms. The molecule has 0 radical (unpaired) electrons. The summed E-state index contributed by atoms with van der Waals surface area (Å²) in [6, 6.07) is 10.6. The number of carbonyl (C=O) groups excluding carboxylic acids is 1. The monoisotopic (exact) mass is 470 g/mol. The van der Waals surface area contributed by atoms with Gasteiger partial charge in [0.05, 0.1) is 34.7 Å². The zero-order valence-electron chi connectivity index (χ0n) is 18.6. The van der Waals surface area contributed by atoms with Gasteiger partial charge in [0.25, 0.3) is 11.5 Å². The van der Waals surface area contributed by atoms with E-state index in [0.29, 0.717) is 48.4 Å². The van der Waals surface area contributed by atoms with Crippen LogP contribution >= 0.6 is 0 Å². The van der Waals surface area contributed by atoms with Crippen molar-refractivity contribution < 1.29 is 18.0 Å². The first-order chi connectivity index (χ1) is 15.8. The van der Waals surface area contributed by atoms with Crippen LogP contribution in [-0.2, 0) is 21.2 Å². The molecular formula is C23H26N4O5S. The number of rotatable bonds is 6. The van der Waals surface area contributed by atoms with Crippen LogP contribution in [0.15, 0.2) is 47.5 Å². The summed E-state index contributed by atoms with van der Waals surface area (Å²) in [5.41, 5.74) is 5.35. The predicted octanol–water partition coefficient (Wildman–Crippen LogP) is 1.61. The molecule has 1 amide bonds. The highest BCUT2D eigenvalue weighted by atomic mass is 32.2. The smallest absolute Gasteiger partial charge is 0.274 e. The third-order valence-corrected chi connectivity index (χ3v) is 7.31. The highest BCUT2D eigenvalue weighted by Crippen LogP contribution is 2.18. The van der Waals surface area contributed by atoms with Crippen molar-refractivity contribution in [3.8, 4) is 5.69 Å². The summed E-state index contributed by atoms with van der Waals surface area (Å²) in [5, 5.41) is 0.461. The van der Waals surface area contributed by atoms with Gasteiger partial charge in [-0.25, -0.2) is 18.9 Å². The quantitative estimate of drug-likeness (QED) is 0.545. The maximum absolute atomic E-state index is 13.4. The van der Waals surface area contributed by atoms with Gasteiger partial charge >= 0.3 is 0 Å². The summed E-state index contributed by atoms with van der Waals surface area (Å²) in [5.74, 6) is -0.0891. The number of carbonyl (C=O) groups is 1. The summed E-state index contributed by atoms with van der Waals surface area (Å²) < 4.78 is 24.8. The summed E-state index contributed by atoms with van der Waals surface area (Å²) in [4.78, 5) is 37.1. The van der Waals surface area contributed by atoms with E-state index in [4.69, 9.17) is 4.84 Å². The molecule has 1 aliphatic rings. The number of aromatic nitrogens is 2. The van der Waals surface area contributed by atoms with Crippen LogP contribution < -0.4 is 11.0 Å². The number of nitrogens with zero attached hydrogens (tertiary/aromatic N) is 3. The highest BCUT2D eigenvalue weighted by Gasteiger charge is 2.21. The number of hydrogen-bond donors (Lipinski definition) is 1. The fourth-order valence-electron chi connectivity index (χ4n) is 3.81. The van der Waals surface area contributed by atoms with E-state index in [1.54, 1.807) is 31.2 Å². The van der Waals surface area contributed by atoms with Gasteiger partial charge in [0, 0.05) is 25.2 Å². The van der Waals surface area contributed by atoms with Gasteiger partial charge in [-0.1, -0.05) is 12.1 Å². The van der Waals surface area contributed by atoms with E-state index < -0.39 is 15.7 Å². The van der Waals surface area contributed by atoms with Crippen molar-refractivity contribution in [3.63, 3.8) is 0 Å². The molecule has 1 aliphatic heterocycles. The van der Waals surface area contributed by atoms with Crippen molar-refractivity contribution in [1.29, 1.82) is 0 Å². The topological polar surface area (TPSA) is 111 Å². The molecule has 1 saturated heterocycles. The highest BCUT2D eigenvalue weighted by molar-refractivity contribution is 7.91. The van der Waals surface area contributed by atoms with Crippen LogP contribution in [-0.4, -0.2) is 60.0 Å². The molecule has 0 atom stereocenters. The average molecular weight is 471 g/mol. The van der Waals surface area contributed by atoms with E-state index in [9.17, 15) is 18.0 Å². The molecule has 0 saturated carbocycles. The standard InChI is InChI=1S/C23H26N4O5S/c1-3-32-25-22(28)18-6-4-16(2)21(13-18)27-15-24-20-7-5-17(12-19(20)23(27)29)14-26-8-10-33(30,31)11-9-26/h4-7,12-13,15H,3,8-11,14H2,1-2H3,(H,25,28). The first kappa shape index (κ1) is 23.1. The molecule has 3 aromatic rings. The molecule has 10 heteroatoms. The van der Waals surface area contributed by atoms with Crippen molar-refractivity contribution in [2.24, 2.45) is 0 Å². The number of sulfone groups is 1. The lowest BCUT2D eigenvalue weighted by molar-refractivity contribution is 0.0364. The zero-order valence-corrected chi connectivity index (χ0v) is 19.4. The van der Waals surface area contributed by atoms with Crippen molar-refractivity contribution in [2.45, 2.75) is 20.4 Å². The van der Waals surface area contributed by atoms with Gasteiger partial charge in [-0.15, -0.1) is 0 Å². The molecule has 2 aromatic carbocycles. The molecule has 2 heterocycles. The molecule has 0 spiro atoms. The number of hydroxylamine groups is 1. The maximum atomic E-state index is 13.4. The van der Waals surface area contributed by atoms with Crippen molar-refractivity contribution in [1.82, 2.24) is 19.9 Å². The normalized spacial score (nSPS) is 16.1. The van der Waals surface area contributed by atoms with Gasteiger partial charge in [-0.05, 0) is 49.2 Å². The van der Waals surface area contributed by atoms with Crippen LogP contribution in [0.5, 0.6) is 0 Å². The van der Waals surface area contributed by atoms with E-state index in [2.05, 4.69) is 15.4 Å². The van der Waals surface area contributed by atoms with Gasteiger partial charge in [-0.3, -0.25) is 23.9 Å². The van der Waals surface area contributed by atoms with Crippen LogP contribution in [0.4, 0.5) is 0 Å². The number of fused-ring (bicyclic) bond motifs is 1. The minimum Gasteiger partial charge on any atom is -0.297 e. The first-order valence-electron chi connectivity index (χ1n) is 10.7. The summed E-state index contributed by atoms with van der Waals surface area (Å²) >= 11 is 0. The zero-order chi connectivity index (χ0) is 23.6. The third kappa shape index (κ3) is 5.13. The molecule has 0 unspecified atom stereocenters. The molecule has 1 aromatic heterocycles. The second kappa shape index (κ2) is 9.42. The second-order valence-corrected chi connectivity index (χ2v) is 10.4. The summed E-state index contributed by atoms with van der Waals surface area (Å²) in [7, 11) is -2.95. The molecule has 1 fully saturated rings. The van der Waals surface area contributed by atoms with E-state index in [0.717, 1.165) is 11.1 Å². The lowest BCUT2D eigenvalue weighted by Gasteiger charge is -2.26. The Hall–Kier alpha value is -3.08. The lowest BCUT2D eigenvalue weighted by atomic mass is 10.1. The van der Waals surface area contributed by atoms with Crippen molar-refractivity contribution in [2.75, 3.05) is 31.2 Å². The van der Waals surface area contributed by atoms with E-state index in [-0.39, 0.29) is 17.1 Å². The SMILES string of the molecule is CCONC(=O)c1ccc(C)c(-n2cnc3ccc(CN4CCS(=O)(=O)CC4)cc3c2=O)c1. The van der Waals surface area contributed by atoms with Crippen LogP contribution in [0.3, 0.4) is 0 Å². The van der Waals surface area contributed by atoms with Crippen LogP contribution in [0.25, 0.3) is 16.6 Å². The largest absolute Gasteiger partial charge is 0.297 e. The number of nitrogens with one attached hydrogen (secondary N) is 1. The second-order valence-electron chi connectivity index (χ2n) is 8.06. The Bertz CT molecular complexity index is 1350. The van der Waals surface area contributed by atoms with Crippen molar-refractivity contribution >= 4 is 26.6 Å². The Balaban J connectivity index is 1.66. The van der Waals surface area contributed by atoms with Gasteiger partial charge in [0.2, 0.25) is 0 Å². The van der Waals surface area contributed by atoms with Crippen LogP contribution in [0.1, 0.15) is 28.4 Å². The third-order valence-electron chi connectivity index (χ3n) is 5.71. The lowest BCUT2D eigenvalue weighted by Crippen LogP contribution is -2.39. The number of benzene rings is 2. The molecule has 1 N–H and O–H groups in total. The number of hydrogen-bond acceptors (Lipinski definition) is 7. The van der Waals surface area contributed by atoms with E-state index >= 15 is 0 Å². The van der Waals surface area contributed by atoms with Gasteiger partial charge in [0.15, 0.2) is 9.84 Å². The fourth-order valence-corrected chi connectivity index (χ4v) is 5.09. The number of aryl methyl sites for hydroxylation is 1. The first-order valence-corrected chi connectivity index (χ1v) is 12.6. The van der Waals surface area contributed by atoms with Crippen molar-refractivity contribution in [3.05, 3.63) is 69.8 Å². The van der Waals surface area contributed by atoms with Gasteiger partial charge < -0.3 is 0 Å². The van der Waals surface area contributed by atoms with E-state index in [1.807, 2.05) is 19.1 Å². The molecular weight excluding hydrogens is 444 g/mol. The molecule has 174 valence electrons. The minimum absolute atomic E-state index is 0.154. The Morgan fingerprint density at radius 3 is 2.64 bits per heavy atom. The summed E-state index contributed by atoms with van der Waals surface area (Å²) in [6.07, 6.45) is 1.46. The van der Waals surface area contributed by atoms with Crippen LogP contribution in [0, 0.1) is 6.92 Å². The minimum atomic E-state index is -2.95. The predicted molar refractivity (Wildman–Crippen MR) is 125 cm³/mol. The van der Waals surface area contributed by atoms with E-state index in [1.165, 1.54) is 10.9 Å². The average Bonchev–Trinajstić information content (AvgIpc) is 2.80. The van der Waals surface area contributed by atoms with Crippen LogP contribution in [0.2, 0.25) is 0 Å². The Labute approximate surface area is 191 Å². The number of amides is 1. The Kier molecular flexibility index (Phi) is 6.59. The summed E-state index contributed by atoms with van der Waals surface area (Å²) in [6.45, 7) is 5.49. The molecule has 0 aliphatic carbocycles. The molecule has 9 nitrogen and oxygen atoms in total.